The summed E-state index contributed by atoms with van der Waals surface area (Å²) < 4.78 is 30.2. The summed E-state index contributed by atoms with van der Waals surface area (Å²) in [5.74, 6) is -3.25. The van der Waals surface area contributed by atoms with Gasteiger partial charge in [-0.3, -0.25) is 19.3 Å². The molecule has 2 N–H and O–H groups in total. The minimum absolute atomic E-state index is 0.0137. The van der Waals surface area contributed by atoms with E-state index in [1.165, 1.54) is 0 Å². The molecule has 2 saturated carbocycles. The highest BCUT2D eigenvalue weighted by Gasteiger charge is 2.51. The second-order valence-corrected chi connectivity index (χ2v) is 9.50. The van der Waals surface area contributed by atoms with Crippen LogP contribution in [-0.2, 0) is 19.8 Å². The van der Waals surface area contributed by atoms with Crippen LogP contribution in [0, 0.1) is 17.0 Å². The summed E-state index contributed by atoms with van der Waals surface area (Å²) in [6.07, 6.45) is 2.94. The van der Waals surface area contributed by atoms with Crippen LogP contribution in [0.15, 0.2) is 6.07 Å². The van der Waals surface area contributed by atoms with Gasteiger partial charge in [-0.2, -0.15) is 0 Å². The van der Waals surface area contributed by atoms with Crippen LogP contribution in [-0.4, -0.2) is 35.5 Å². The van der Waals surface area contributed by atoms with Gasteiger partial charge >= 0.3 is 5.97 Å². The predicted molar refractivity (Wildman–Crippen MR) is 105 cm³/mol. The molecular formula is C22H26F2N2O4. The van der Waals surface area contributed by atoms with Gasteiger partial charge < -0.3 is 10.4 Å². The Morgan fingerprint density at radius 2 is 1.93 bits per heavy atom. The fraction of sp³-hybridized carbons (Fsp3) is 0.591. The molecule has 4 rings (SSSR count). The first-order chi connectivity index (χ1) is 14.0. The Hall–Kier alpha value is -2.51. The van der Waals surface area contributed by atoms with E-state index < -0.39 is 52.8 Å². The number of nitrogens with zero attached hydrogens (tertiary/aromatic N) is 1. The molecule has 6 nitrogen and oxygen atoms in total. The van der Waals surface area contributed by atoms with Crippen LogP contribution >= 0.6 is 0 Å². The second-order valence-electron chi connectivity index (χ2n) is 9.50. The van der Waals surface area contributed by atoms with E-state index in [0.717, 1.165) is 23.8 Å². The Balaban J connectivity index is 1.58. The predicted octanol–water partition coefficient (Wildman–Crippen LogP) is 3.23. The SMILES string of the molecule is CC(NC(=O)CN1C(=O)C(C)(C)c2c(F)c(C3CC3)cc(F)c21)C1(CC(=O)O)CC1. The lowest BCUT2D eigenvalue weighted by Gasteiger charge is -2.25. The molecule has 1 aromatic carbocycles. The highest BCUT2D eigenvalue weighted by atomic mass is 19.1. The zero-order valence-corrected chi connectivity index (χ0v) is 17.3. The van der Waals surface area contributed by atoms with Gasteiger partial charge in [0.1, 0.15) is 18.2 Å². The molecule has 3 aliphatic rings. The molecule has 1 heterocycles. The zero-order valence-electron chi connectivity index (χ0n) is 17.3. The van der Waals surface area contributed by atoms with Gasteiger partial charge in [0.05, 0.1) is 17.5 Å². The summed E-state index contributed by atoms with van der Waals surface area (Å²) in [5, 5.41) is 11.8. The molecule has 2 aliphatic carbocycles. The Morgan fingerprint density at radius 1 is 1.30 bits per heavy atom. The number of hydrogen-bond acceptors (Lipinski definition) is 3. The third-order valence-corrected chi connectivity index (χ3v) is 6.90. The van der Waals surface area contributed by atoms with Gasteiger partial charge in [-0.15, -0.1) is 0 Å². The smallest absolute Gasteiger partial charge is 0.303 e. The third-order valence-electron chi connectivity index (χ3n) is 6.90. The summed E-state index contributed by atoms with van der Waals surface area (Å²) in [6.45, 7) is 4.38. The summed E-state index contributed by atoms with van der Waals surface area (Å²) in [4.78, 5) is 37.7. The summed E-state index contributed by atoms with van der Waals surface area (Å²) in [7, 11) is 0. The number of hydrogen-bond donors (Lipinski definition) is 2. The van der Waals surface area contributed by atoms with Crippen molar-refractivity contribution >= 4 is 23.5 Å². The van der Waals surface area contributed by atoms with Crippen LogP contribution in [0.25, 0.3) is 0 Å². The zero-order chi connectivity index (χ0) is 22.0. The minimum Gasteiger partial charge on any atom is -0.481 e. The molecule has 162 valence electrons. The lowest BCUT2D eigenvalue weighted by atomic mass is 9.84. The van der Waals surface area contributed by atoms with E-state index in [1.54, 1.807) is 20.8 Å². The molecule has 1 aliphatic heterocycles. The Kier molecular flexibility index (Phi) is 4.67. The quantitative estimate of drug-likeness (QED) is 0.709. The fourth-order valence-electron chi connectivity index (χ4n) is 4.67. The van der Waals surface area contributed by atoms with Gasteiger partial charge in [0.25, 0.3) is 0 Å². The number of halogens is 2. The van der Waals surface area contributed by atoms with E-state index in [0.29, 0.717) is 18.4 Å². The number of carbonyl (C=O) groups excluding carboxylic acids is 2. The van der Waals surface area contributed by atoms with Crippen molar-refractivity contribution in [1.82, 2.24) is 5.32 Å². The lowest BCUT2D eigenvalue weighted by Crippen LogP contribution is -2.47. The largest absolute Gasteiger partial charge is 0.481 e. The number of anilines is 1. The van der Waals surface area contributed by atoms with Gasteiger partial charge in [-0.05, 0) is 64.0 Å². The van der Waals surface area contributed by atoms with E-state index in [2.05, 4.69) is 5.32 Å². The molecule has 0 radical (unpaired) electrons. The first-order valence-electron chi connectivity index (χ1n) is 10.3. The fourth-order valence-corrected chi connectivity index (χ4v) is 4.67. The summed E-state index contributed by atoms with van der Waals surface area (Å²) in [6, 6.07) is 0.755. The average Bonchev–Trinajstić information content (AvgIpc) is 3.54. The average molecular weight is 420 g/mol. The maximum Gasteiger partial charge on any atom is 0.303 e. The second kappa shape index (κ2) is 6.75. The first kappa shape index (κ1) is 20.8. The molecule has 0 spiro atoms. The van der Waals surface area contributed by atoms with Gasteiger partial charge in [-0.25, -0.2) is 8.78 Å². The molecule has 2 fully saturated rings. The molecule has 0 saturated heterocycles. The summed E-state index contributed by atoms with van der Waals surface area (Å²) in [5.41, 5.74) is -1.61. The van der Waals surface area contributed by atoms with Crippen LogP contribution < -0.4 is 10.2 Å². The molecular weight excluding hydrogens is 394 g/mol. The number of aliphatic carboxylic acids is 1. The standard InChI is InChI=1S/C22H26F2N2O4/c1-11(22(6-7-22)9-16(28)29)25-15(27)10-26-19-14(23)8-13(12-4-5-12)18(24)17(19)21(2,3)20(26)30/h8,11-12H,4-7,9-10H2,1-3H3,(H,25,27)(H,28,29). The van der Waals surface area contributed by atoms with Crippen molar-refractivity contribution in [2.24, 2.45) is 5.41 Å². The van der Waals surface area contributed by atoms with Crippen molar-refractivity contribution in [2.45, 2.75) is 70.3 Å². The van der Waals surface area contributed by atoms with Crippen LogP contribution in [0.2, 0.25) is 0 Å². The number of amides is 2. The number of carboxylic acids is 1. The third kappa shape index (κ3) is 3.26. The van der Waals surface area contributed by atoms with Crippen molar-refractivity contribution < 1.29 is 28.3 Å². The van der Waals surface area contributed by atoms with E-state index in [-0.39, 0.29) is 23.6 Å². The Bertz CT molecular complexity index is 951. The number of nitrogens with one attached hydrogen (secondary N) is 1. The molecule has 8 heteroatoms. The maximum absolute atomic E-state index is 15.2. The minimum atomic E-state index is -1.28. The molecule has 0 bridgehead atoms. The number of carbonyl (C=O) groups is 3. The molecule has 2 amide bonds. The number of fused-ring (bicyclic) bond motifs is 1. The van der Waals surface area contributed by atoms with Crippen molar-refractivity contribution in [3.63, 3.8) is 0 Å². The highest BCUT2D eigenvalue weighted by Crippen LogP contribution is 2.52. The number of rotatable bonds is 7. The van der Waals surface area contributed by atoms with Gasteiger partial charge in [0.15, 0.2) is 0 Å². The normalized spacial score (nSPS) is 21.9. The summed E-state index contributed by atoms with van der Waals surface area (Å²) >= 11 is 0. The lowest BCUT2D eigenvalue weighted by molar-refractivity contribution is -0.139. The van der Waals surface area contributed by atoms with E-state index >= 15 is 4.39 Å². The van der Waals surface area contributed by atoms with Crippen molar-refractivity contribution in [3.8, 4) is 0 Å². The highest BCUT2D eigenvalue weighted by molar-refractivity contribution is 6.10. The molecule has 1 atom stereocenters. The molecule has 30 heavy (non-hydrogen) atoms. The van der Waals surface area contributed by atoms with Gasteiger partial charge in [-0.1, -0.05) is 0 Å². The molecule has 1 aromatic rings. The van der Waals surface area contributed by atoms with Crippen LogP contribution in [0.3, 0.4) is 0 Å². The monoisotopic (exact) mass is 420 g/mol. The van der Waals surface area contributed by atoms with Gasteiger partial charge in [0.2, 0.25) is 11.8 Å². The van der Waals surface area contributed by atoms with E-state index in [1.807, 2.05) is 0 Å². The van der Waals surface area contributed by atoms with E-state index in [9.17, 15) is 18.8 Å². The van der Waals surface area contributed by atoms with Crippen LogP contribution in [0.4, 0.5) is 14.5 Å². The molecule has 0 aromatic heterocycles. The maximum atomic E-state index is 15.2. The topological polar surface area (TPSA) is 86.7 Å². The van der Waals surface area contributed by atoms with Crippen molar-refractivity contribution in [2.75, 3.05) is 11.4 Å². The van der Waals surface area contributed by atoms with Crippen LogP contribution in [0.1, 0.15) is 69.9 Å². The first-order valence-corrected chi connectivity index (χ1v) is 10.3. The van der Waals surface area contributed by atoms with Gasteiger partial charge in [0, 0.05) is 17.0 Å². The van der Waals surface area contributed by atoms with Crippen LogP contribution in [0.5, 0.6) is 0 Å². The molecule has 1 unspecified atom stereocenters. The van der Waals surface area contributed by atoms with Crippen molar-refractivity contribution in [1.29, 1.82) is 0 Å². The Labute approximate surface area is 173 Å². The number of carboxylic acid groups (broad SMARTS) is 1. The number of benzene rings is 1. The van der Waals surface area contributed by atoms with E-state index in [4.69, 9.17) is 5.11 Å². The van der Waals surface area contributed by atoms with Crippen molar-refractivity contribution in [3.05, 3.63) is 28.8 Å². The Morgan fingerprint density at radius 3 is 2.47 bits per heavy atom.